The first-order chi connectivity index (χ1) is 11.1. The largest absolute Gasteiger partial charge is 0.481 e. The van der Waals surface area contributed by atoms with Gasteiger partial charge in [0.05, 0.1) is 5.92 Å². The van der Waals surface area contributed by atoms with E-state index in [1.165, 1.54) is 6.92 Å². The number of benzene rings is 1. The van der Waals surface area contributed by atoms with Crippen molar-refractivity contribution in [3.05, 3.63) is 29.8 Å². The number of aliphatic carboxylic acids is 2. The summed E-state index contributed by atoms with van der Waals surface area (Å²) in [6.45, 7) is 6.60. The Labute approximate surface area is 141 Å². The van der Waals surface area contributed by atoms with Crippen LogP contribution in [0.1, 0.15) is 39.2 Å². The van der Waals surface area contributed by atoms with Crippen LogP contribution in [0.3, 0.4) is 0 Å². The maximum atomic E-state index is 12.1. The van der Waals surface area contributed by atoms with E-state index < -0.39 is 35.8 Å². The van der Waals surface area contributed by atoms with Crippen molar-refractivity contribution >= 4 is 23.5 Å². The minimum absolute atomic E-state index is 0.124. The first kappa shape index (κ1) is 19.5. The van der Waals surface area contributed by atoms with E-state index in [1.54, 1.807) is 31.2 Å². The zero-order chi connectivity index (χ0) is 18.4. The molecule has 132 valence electrons. The van der Waals surface area contributed by atoms with Crippen LogP contribution in [0.4, 0.5) is 5.69 Å². The summed E-state index contributed by atoms with van der Waals surface area (Å²) in [5.41, 5.74) is 1.13. The summed E-state index contributed by atoms with van der Waals surface area (Å²) in [4.78, 5) is 34.4. The average Bonchev–Trinajstić information content (AvgIpc) is 2.48. The molecule has 1 aromatic rings. The van der Waals surface area contributed by atoms with E-state index in [1.807, 2.05) is 13.8 Å². The minimum Gasteiger partial charge on any atom is -0.481 e. The summed E-state index contributed by atoms with van der Waals surface area (Å²) in [6.07, 6.45) is 0. The Kier molecular flexibility index (Phi) is 6.76. The molecule has 0 saturated heterocycles. The number of hydrogen-bond acceptors (Lipinski definition) is 4. The Bertz CT molecular complexity index is 615. The van der Waals surface area contributed by atoms with Gasteiger partial charge in [0.2, 0.25) is 5.91 Å². The first-order valence-corrected chi connectivity index (χ1v) is 7.76. The molecule has 0 fully saturated rings. The summed E-state index contributed by atoms with van der Waals surface area (Å²) >= 11 is 0. The van der Waals surface area contributed by atoms with Crippen molar-refractivity contribution in [2.24, 2.45) is 5.92 Å². The smallest absolute Gasteiger partial charge is 0.325 e. The van der Waals surface area contributed by atoms with Gasteiger partial charge in [0, 0.05) is 5.69 Å². The van der Waals surface area contributed by atoms with E-state index in [4.69, 9.17) is 5.11 Å². The number of nitrogens with one attached hydrogen (secondary N) is 2. The van der Waals surface area contributed by atoms with E-state index in [0.717, 1.165) is 0 Å². The topological polar surface area (TPSA) is 116 Å². The summed E-state index contributed by atoms with van der Waals surface area (Å²) in [5.74, 6) is -3.36. The first-order valence-electron chi connectivity index (χ1n) is 7.76. The molecule has 3 atom stereocenters. The van der Waals surface area contributed by atoms with Crippen molar-refractivity contribution in [1.29, 1.82) is 0 Å². The van der Waals surface area contributed by atoms with Gasteiger partial charge < -0.3 is 20.8 Å². The quantitative estimate of drug-likeness (QED) is 0.576. The monoisotopic (exact) mass is 336 g/mol. The molecular formula is C17H24N2O5. The number of carboxylic acids is 2. The van der Waals surface area contributed by atoms with Crippen molar-refractivity contribution < 1.29 is 24.6 Å². The van der Waals surface area contributed by atoms with Crippen LogP contribution in [0.2, 0.25) is 0 Å². The Morgan fingerprint density at radius 2 is 1.50 bits per heavy atom. The molecule has 1 rings (SSSR count). The van der Waals surface area contributed by atoms with Gasteiger partial charge in [0.15, 0.2) is 0 Å². The third kappa shape index (κ3) is 4.97. The fourth-order valence-electron chi connectivity index (χ4n) is 2.38. The highest BCUT2D eigenvalue weighted by molar-refractivity contribution is 5.89. The molecule has 7 nitrogen and oxygen atoms in total. The molecule has 0 heterocycles. The summed E-state index contributed by atoms with van der Waals surface area (Å²) in [5, 5.41) is 23.7. The van der Waals surface area contributed by atoms with Gasteiger partial charge in [-0.25, -0.2) is 0 Å². The number of amides is 1. The van der Waals surface area contributed by atoms with Crippen molar-refractivity contribution in [2.75, 3.05) is 5.32 Å². The van der Waals surface area contributed by atoms with Crippen LogP contribution in [-0.4, -0.2) is 40.1 Å². The number of hydrogen-bond donors (Lipinski definition) is 4. The molecule has 0 spiro atoms. The van der Waals surface area contributed by atoms with Gasteiger partial charge in [-0.15, -0.1) is 0 Å². The minimum atomic E-state index is -1.12. The highest BCUT2D eigenvalue weighted by atomic mass is 16.4. The van der Waals surface area contributed by atoms with Gasteiger partial charge in [-0.1, -0.05) is 32.0 Å². The van der Waals surface area contributed by atoms with Crippen molar-refractivity contribution in [3.8, 4) is 0 Å². The second-order valence-corrected chi connectivity index (χ2v) is 6.08. The molecule has 0 aliphatic carbocycles. The molecule has 4 N–H and O–H groups in total. The lowest BCUT2D eigenvalue weighted by molar-refractivity contribution is -0.141. The Hall–Kier alpha value is -2.57. The lowest BCUT2D eigenvalue weighted by Crippen LogP contribution is -2.45. The predicted octanol–water partition coefficient (Wildman–Crippen LogP) is 1.90. The highest BCUT2D eigenvalue weighted by Crippen LogP contribution is 2.31. The number of rotatable bonds is 8. The van der Waals surface area contributed by atoms with Gasteiger partial charge in [-0.3, -0.25) is 14.4 Å². The van der Waals surface area contributed by atoms with Gasteiger partial charge in [0.1, 0.15) is 12.1 Å². The van der Waals surface area contributed by atoms with Gasteiger partial charge in [-0.2, -0.15) is 0 Å². The van der Waals surface area contributed by atoms with Crippen LogP contribution < -0.4 is 10.6 Å². The second-order valence-electron chi connectivity index (χ2n) is 6.08. The van der Waals surface area contributed by atoms with E-state index in [0.29, 0.717) is 11.3 Å². The molecule has 0 aliphatic heterocycles. The summed E-state index contributed by atoms with van der Waals surface area (Å²) < 4.78 is 0. The van der Waals surface area contributed by atoms with E-state index in [-0.39, 0.29) is 5.92 Å². The second kappa shape index (κ2) is 8.33. The van der Waals surface area contributed by atoms with Gasteiger partial charge in [-0.05, 0) is 31.4 Å². The lowest BCUT2D eigenvalue weighted by atomic mass is 9.87. The molecule has 2 unspecified atom stereocenters. The third-order valence-electron chi connectivity index (χ3n) is 3.72. The van der Waals surface area contributed by atoms with E-state index in [2.05, 4.69) is 10.6 Å². The number of carbonyl (C=O) groups excluding carboxylic acids is 1. The maximum absolute atomic E-state index is 12.1. The molecule has 1 amide bonds. The molecule has 1 aromatic carbocycles. The van der Waals surface area contributed by atoms with E-state index in [9.17, 15) is 19.5 Å². The fraction of sp³-hybridized carbons (Fsp3) is 0.471. The van der Waals surface area contributed by atoms with Crippen LogP contribution >= 0.6 is 0 Å². The molecule has 7 heteroatoms. The SMILES string of the molecule is CC(Nc1ccccc1C(C(=O)O)C(C)C)C(=O)N[C@@H](C)C(=O)O. The van der Waals surface area contributed by atoms with Crippen molar-refractivity contribution in [1.82, 2.24) is 5.32 Å². The number of para-hydroxylation sites is 1. The number of anilines is 1. The zero-order valence-electron chi connectivity index (χ0n) is 14.2. The van der Waals surface area contributed by atoms with Crippen LogP contribution in [0, 0.1) is 5.92 Å². The van der Waals surface area contributed by atoms with Crippen LogP contribution in [0.5, 0.6) is 0 Å². The molecule has 0 aromatic heterocycles. The number of carbonyl (C=O) groups is 3. The fourth-order valence-corrected chi connectivity index (χ4v) is 2.38. The predicted molar refractivity (Wildman–Crippen MR) is 90.0 cm³/mol. The summed E-state index contributed by atoms with van der Waals surface area (Å²) in [6, 6.07) is 5.20. The normalized spacial score (nSPS) is 14.5. The van der Waals surface area contributed by atoms with Crippen LogP contribution in [0.25, 0.3) is 0 Å². The maximum Gasteiger partial charge on any atom is 0.325 e. The molecular weight excluding hydrogens is 312 g/mol. The van der Waals surface area contributed by atoms with Gasteiger partial charge in [0.25, 0.3) is 0 Å². The standard InChI is InChI=1S/C17H24N2O5/c1-9(2)14(17(23)24)12-7-5-6-8-13(12)18-10(3)15(20)19-11(4)16(21)22/h5-11,14,18H,1-4H3,(H,19,20)(H,21,22)(H,23,24)/t10?,11-,14?/m0/s1. The zero-order valence-corrected chi connectivity index (χ0v) is 14.2. The number of carboxylic acid groups (broad SMARTS) is 2. The van der Waals surface area contributed by atoms with Crippen molar-refractivity contribution in [3.63, 3.8) is 0 Å². The van der Waals surface area contributed by atoms with Crippen LogP contribution in [0.15, 0.2) is 24.3 Å². The highest BCUT2D eigenvalue weighted by Gasteiger charge is 2.27. The van der Waals surface area contributed by atoms with Gasteiger partial charge >= 0.3 is 11.9 Å². The van der Waals surface area contributed by atoms with Crippen LogP contribution in [-0.2, 0) is 14.4 Å². The lowest BCUT2D eigenvalue weighted by Gasteiger charge is -2.23. The van der Waals surface area contributed by atoms with Crippen molar-refractivity contribution in [2.45, 2.75) is 45.7 Å². The molecule has 0 bridgehead atoms. The molecule has 0 aliphatic rings. The molecule has 24 heavy (non-hydrogen) atoms. The Balaban J connectivity index is 2.97. The Morgan fingerprint density at radius 1 is 0.917 bits per heavy atom. The van der Waals surface area contributed by atoms with E-state index >= 15 is 0 Å². The molecule has 0 radical (unpaired) electrons. The Morgan fingerprint density at radius 3 is 2.00 bits per heavy atom. The molecule has 0 saturated carbocycles. The average molecular weight is 336 g/mol. The third-order valence-corrected chi connectivity index (χ3v) is 3.72. The summed E-state index contributed by atoms with van der Waals surface area (Å²) in [7, 11) is 0.